The smallest absolute Gasteiger partial charge is 0.306 e. The van der Waals surface area contributed by atoms with Crippen LogP contribution in [0.4, 0.5) is 5.69 Å². The first-order valence-electron chi connectivity index (χ1n) is 10.6. The van der Waals surface area contributed by atoms with Gasteiger partial charge in [-0.25, -0.2) is 0 Å². The van der Waals surface area contributed by atoms with Gasteiger partial charge in [-0.05, 0) is 67.5 Å². The minimum Gasteiger partial charge on any atom is -0.481 e. The molecule has 1 aliphatic carbocycles. The van der Waals surface area contributed by atoms with Crippen molar-refractivity contribution < 1.29 is 19.5 Å². The number of carbonyl (C=O) groups excluding carboxylic acids is 2. The summed E-state index contributed by atoms with van der Waals surface area (Å²) in [6, 6.07) is 9.28. The molecule has 0 radical (unpaired) electrons. The summed E-state index contributed by atoms with van der Waals surface area (Å²) in [5.41, 5.74) is 3.30. The molecule has 30 heavy (non-hydrogen) atoms. The van der Waals surface area contributed by atoms with Crippen LogP contribution in [0.5, 0.6) is 0 Å². The molecule has 2 aromatic rings. The SMILES string of the molecule is C=C1CCC(N2C(=O)c3cccc4c(C5CCC(C(=O)O)CC5)ccc2c34)C(=O)N1. The molecule has 0 bridgehead atoms. The zero-order chi connectivity index (χ0) is 21.0. The number of anilines is 1. The van der Waals surface area contributed by atoms with E-state index in [4.69, 9.17) is 0 Å². The highest BCUT2D eigenvalue weighted by Gasteiger charge is 2.40. The maximum absolute atomic E-state index is 13.3. The number of hydrogen-bond donors (Lipinski definition) is 2. The number of benzene rings is 2. The summed E-state index contributed by atoms with van der Waals surface area (Å²) >= 11 is 0. The molecule has 1 saturated heterocycles. The minimum absolute atomic E-state index is 0.130. The number of hydrogen-bond acceptors (Lipinski definition) is 3. The molecule has 1 unspecified atom stereocenters. The van der Waals surface area contributed by atoms with Crippen molar-refractivity contribution in [2.45, 2.75) is 50.5 Å². The second-order valence-corrected chi connectivity index (χ2v) is 8.61. The lowest BCUT2D eigenvalue weighted by molar-refractivity contribution is -0.142. The number of nitrogens with zero attached hydrogens (tertiary/aromatic N) is 1. The van der Waals surface area contributed by atoms with Crippen molar-refractivity contribution in [3.05, 3.63) is 53.7 Å². The molecule has 154 valence electrons. The molecule has 2 N–H and O–H groups in total. The Morgan fingerprint density at radius 1 is 1.07 bits per heavy atom. The van der Waals surface area contributed by atoms with Crippen molar-refractivity contribution >= 4 is 34.2 Å². The van der Waals surface area contributed by atoms with Crippen LogP contribution in [0.1, 0.15) is 60.4 Å². The molecule has 0 aromatic heterocycles. The van der Waals surface area contributed by atoms with E-state index in [9.17, 15) is 19.5 Å². The maximum Gasteiger partial charge on any atom is 0.306 e. The average Bonchev–Trinajstić information content (AvgIpc) is 3.02. The Hall–Kier alpha value is -3.15. The number of rotatable bonds is 3. The van der Waals surface area contributed by atoms with Gasteiger partial charge in [-0.3, -0.25) is 19.3 Å². The summed E-state index contributed by atoms with van der Waals surface area (Å²) in [5.74, 6) is -0.986. The molecule has 0 spiro atoms. The molecule has 2 heterocycles. The Balaban J connectivity index is 1.53. The lowest BCUT2D eigenvalue weighted by Crippen LogP contribution is -2.51. The van der Waals surface area contributed by atoms with E-state index in [-0.39, 0.29) is 23.7 Å². The Bertz CT molecular complexity index is 1100. The third-order valence-corrected chi connectivity index (χ3v) is 6.91. The lowest BCUT2D eigenvalue weighted by Gasteiger charge is -2.32. The van der Waals surface area contributed by atoms with Crippen molar-refractivity contribution in [3.8, 4) is 0 Å². The van der Waals surface area contributed by atoms with Gasteiger partial charge in [0.15, 0.2) is 0 Å². The number of carboxylic acid groups (broad SMARTS) is 1. The predicted octanol–water partition coefficient (Wildman–Crippen LogP) is 3.95. The van der Waals surface area contributed by atoms with Crippen LogP contribution >= 0.6 is 0 Å². The average molecular weight is 404 g/mol. The first kappa shape index (κ1) is 18.9. The Morgan fingerprint density at radius 2 is 1.83 bits per heavy atom. The molecule has 2 fully saturated rings. The summed E-state index contributed by atoms with van der Waals surface area (Å²) in [6.45, 7) is 3.83. The number of nitrogens with one attached hydrogen (secondary N) is 1. The zero-order valence-corrected chi connectivity index (χ0v) is 16.7. The minimum atomic E-state index is -0.705. The van der Waals surface area contributed by atoms with E-state index >= 15 is 0 Å². The fourth-order valence-electron chi connectivity index (χ4n) is 5.35. The van der Waals surface area contributed by atoms with Crippen molar-refractivity contribution in [2.75, 3.05) is 4.90 Å². The van der Waals surface area contributed by atoms with Crippen LogP contribution in [-0.2, 0) is 9.59 Å². The van der Waals surface area contributed by atoms with Gasteiger partial charge in [-0.2, -0.15) is 0 Å². The topological polar surface area (TPSA) is 86.7 Å². The number of carboxylic acids is 1. The highest BCUT2D eigenvalue weighted by Crippen LogP contribution is 2.45. The van der Waals surface area contributed by atoms with Crippen LogP contribution in [0, 0.1) is 5.92 Å². The number of carbonyl (C=O) groups is 3. The quantitative estimate of drug-likeness (QED) is 0.811. The van der Waals surface area contributed by atoms with Gasteiger partial charge < -0.3 is 10.4 Å². The van der Waals surface area contributed by atoms with Crippen LogP contribution in [-0.4, -0.2) is 28.9 Å². The molecular weight excluding hydrogens is 380 g/mol. The highest BCUT2D eigenvalue weighted by molar-refractivity contribution is 6.27. The monoisotopic (exact) mass is 404 g/mol. The van der Waals surface area contributed by atoms with Crippen LogP contribution < -0.4 is 10.2 Å². The van der Waals surface area contributed by atoms with Gasteiger partial charge in [0.1, 0.15) is 6.04 Å². The molecule has 2 aromatic carbocycles. The highest BCUT2D eigenvalue weighted by atomic mass is 16.4. The van der Waals surface area contributed by atoms with E-state index in [1.54, 1.807) is 4.90 Å². The third kappa shape index (κ3) is 2.82. The molecule has 6 heteroatoms. The zero-order valence-electron chi connectivity index (χ0n) is 16.7. The standard InChI is InChI=1S/C24H24N2O4/c1-13-5-11-20(22(27)25-13)26-19-12-10-16(14-6-8-15(9-7-14)24(29)30)17-3-2-4-18(21(17)19)23(26)28/h2-4,10,12,14-15,20H,1,5-9,11H2,(H,25,27)(H,29,30). The second-order valence-electron chi connectivity index (χ2n) is 8.61. The molecule has 1 atom stereocenters. The number of piperidine rings is 1. The fraction of sp³-hybridized carbons (Fsp3) is 0.375. The largest absolute Gasteiger partial charge is 0.481 e. The summed E-state index contributed by atoms with van der Waals surface area (Å²) in [7, 11) is 0. The fourth-order valence-corrected chi connectivity index (χ4v) is 5.35. The van der Waals surface area contributed by atoms with E-state index in [2.05, 4.69) is 18.0 Å². The first-order chi connectivity index (χ1) is 14.5. The molecule has 3 aliphatic rings. The summed E-state index contributed by atoms with van der Waals surface area (Å²) in [6.07, 6.45) is 4.25. The van der Waals surface area contributed by atoms with Gasteiger partial charge in [0, 0.05) is 16.6 Å². The maximum atomic E-state index is 13.3. The van der Waals surface area contributed by atoms with Gasteiger partial charge in [0.2, 0.25) is 5.91 Å². The van der Waals surface area contributed by atoms with Gasteiger partial charge in [-0.1, -0.05) is 24.8 Å². The third-order valence-electron chi connectivity index (χ3n) is 6.91. The van der Waals surface area contributed by atoms with Crippen molar-refractivity contribution in [3.63, 3.8) is 0 Å². The van der Waals surface area contributed by atoms with Crippen molar-refractivity contribution in [1.29, 1.82) is 0 Å². The molecule has 6 nitrogen and oxygen atoms in total. The number of aliphatic carboxylic acids is 1. The molecular formula is C24H24N2O4. The predicted molar refractivity (Wildman–Crippen MR) is 113 cm³/mol. The van der Waals surface area contributed by atoms with Crippen LogP contribution in [0.2, 0.25) is 0 Å². The normalized spacial score (nSPS) is 26.2. The van der Waals surface area contributed by atoms with Gasteiger partial charge >= 0.3 is 5.97 Å². The Morgan fingerprint density at radius 3 is 2.53 bits per heavy atom. The molecule has 2 aliphatic heterocycles. The van der Waals surface area contributed by atoms with E-state index in [0.717, 1.165) is 29.3 Å². The second kappa shape index (κ2) is 6.97. The van der Waals surface area contributed by atoms with E-state index in [1.807, 2.05) is 24.3 Å². The van der Waals surface area contributed by atoms with Crippen molar-refractivity contribution in [2.24, 2.45) is 5.92 Å². The van der Waals surface area contributed by atoms with Crippen LogP contribution in [0.3, 0.4) is 0 Å². The van der Waals surface area contributed by atoms with Crippen molar-refractivity contribution in [1.82, 2.24) is 5.32 Å². The van der Waals surface area contributed by atoms with E-state index < -0.39 is 12.0 Å². The number of amides is 2. The van der Waals surface area contributed by atoms with E-state index in [0.29, 0.717) is 36.9 Å². The number of allylic oxidation sites excluding steroid dienone is 1. The molecule has 5 rings (SSSR count). The molecule has 1 saturated carbocycles. The van der Waals surface area contributed by atoms with Crippen LogP contribution in [0.25, 0.3) is 10.8 Å². The van der Waals surface area contributed by atoms with Gasteiger partial charge in [0.05, 0.1) is 11.6 Å². The first-order valence-corrected chi connectivity index (χ1v) is 10.6. The van der Waals surface area contributed by atoms with Crippen LogP contribution in [0.15, 0.2) is 42.6 Å². The lowest BCUT2D eigenvalue weighted by atomic mass is 9.77. The summed E-state index contributed by atoms with van der Waals surface area (Å²) in [4.78, 5) is 38.8. The molecule has 2 amide bonds. The Kier molecular flexibility index (Phi) is 4.38. The summed E-state index contributed by atoms with van der Waals surface area (Å²) in [5, 5.41) is 14.0. The van der Waals surface area contributed by atoms with Gasteiger partial charge in [-0.15, -0.1) is 0 Å². The Labute approximate surface area is 174 Å². The van der Waals surface area contributed by atoms with E-state index in [1.165, 1.54) is 5.56 Å². The summed E-state index contributed by atoms with van der Waals surface area (Å²) < 4.78 is 0. The van der Waals surface area contributed by atoms with Gasteiger partial charge in [0.25, 0.3) is 5.91 Å².